The average Bonchev–Trinajstić information content (AvgIpc) is 3.11. The van der Waals surface area contributed by atoms with Gasteiger partial charge in [-0.15, -0.1) is 11.3 Å². The Bertz CT molecular complexity index is 838. The van der Waals surface area contributed by atoms with Gasteiger partial charge in [0.05, 0.1) is 0 Å². The largest absolute Gasteiger partial charge is 0.300 e. The van der Waals surface area contributed by atoms with Gasteiger partial charge in [-0.3, -0.25) is 14.5 Å². The van der Waals surface area contributed by atoms with E-state index >= 15 is 0 Å². The van der Waals surface area contributed by atoms with Crippen LogP contribution >= 0.6 is 35.2 Å². The molecule has 112 valence electrons. The number of benzene rings is 1. The first-order valence-electron chi connectivity index (χ1n) is 6.24. The maximum absolute atomic E-state index is 12.1. The summed E-state index contributed by atoms with van der Waals surface area (Å²) in [5.41, 5.74) is 0.818. The molecular formula is C13H10ClN5OS2. The van der Waals surface area contributed by atoms with Crippen molar-refractivity contribution in [1.29, 1.82) is 0 Å². The third-order valence-electron chi connectivity index (χ3n) is 2.84. The van der Waals surface area contributed by atoms with E-state index in [1.165, 1.54) is 11.3 Å². The predicted molar refractivity (Wildman–Crippen MR) is 88.6 cm³/mol. The molecule has 22 heavy (non-hydrogen) atoms. The molecule has 0 saturated heterocycles. The van der Waals surface area contributed by atoms with Crippen LogP contribution in [0.1, 0.15) is 0 Å². The number of hydrogen-bond donors (Lipinski definition) is 2. The number of carbonyl (C=O) groups excluding carboxylic acids is 1. The van der Waals surface area contributed by atoms with Gasteiger partial charge in [0.25, 0.3) is 0 Å². The van der Waals surface area contributed by atoms with E-state index in [1.807, 2.05) is 12.1 Å². The topological polar surface area (TPSA) is 75.6 Å². The highest BCUT2D eigenvalue weighted by Gasteiger charge is 2.13. The second-order valence-corrected chi connectivity index (χ2v) is 6.05. The Morgan fingerprint density at radius 2 is 2.18 bits per heavy atom. The fraction of sp³-hybridized carbons (Fsp3) is 0.0769. The molecule has 0 unspecified atom stereocenters. The first-order valence-corrected chi connectivity index (χ1v) is 7.90. The molecule has 9 heteroatoms. The number of nitrogens with zero attached hydrogens (tertiary/aromatic N) is 3. The first kappa shape index (κ1) is 14.9. The van der Waals surface area contributed by atoms with E-state index < -0.39 is 0 Å². The van der Waals surface area contributed by atoms with E-state index in [2.05, 4.69) is 20.5 Å². The van der Waals surface area contributed by atoms with Gasteiger partial charge < -0.3 is 5.32 Å². The normalized spacial score (nSPS) is 10.6. The highest BCUT2D eigenvalue weighted by atomic mass is 35.5. The lowest BCUT2D eigenvalue weighted by Crippen LogP contribution is -2.19. The van der Waals surface area contributed by atoms with Crippen molar-refractivity contribution in [3.05, 3.63) is 45.6 Å². The molecule has 0 bridgehead atoms. The number of amides is 1. The van der Waals surface area contributed by atoms with Gasteiger partial charge in [-0.05, 0) is 36.5 Å². The predicted octanol–water partition coefficient (Wildman–Crippen LogP) is 3.36. The Labute approximate surface area is 139 Å². The minimum absolute atomic E-state index is 0.0485. The van der Waals surface area contributed by atoms with Crippen LogP contribution in [0.5, 0.6) is 0 Å². The number of aromatic nitrogens is 4. The minimum Gasteiger partial charge on any atom is -0.300 e. The summed E-state index contributed by atoms with van der Waals surface area (Å²) in [5, 5.41) is 12.6. The van der Waals surface area contributed by atoms with Crippen LogP contribution in [0.2, 0.25) is 5.02 Å². The van der Waals surface area contributed by atoms with Crippen LogP contribution in [0.4, 0.5) is 5.13 Å². The Morgan fingerprint density at radius 1 is 1.41 bits per heavy atom. The Hall–Kier alpha value is -2.03. The van der Waals surface area contributed by atoms with Gasteiger partial charge in [-0.1, -0.05) is 11.6 Å². The number of nitrogens with one attached hydrogen (secondary N) is 2. The summed E-state index contributed by atoms with van der Waals surface area (Å²) < 4.78 is 2.00. The lowest BCUT2D eigenvalue weighted by Gasteiger charge is -2.06. The van der Waals surface area contributed by atoms with Gasteiger partial charge >= 0.3 is 0 Å². The van der Waals surface area contributed by atoms with Crippen molar-refractivity contribution in [2.24, 2.45) is 0 Å². The van der Waals surface area contributed by atoms with Gasteiger partial charge in [0.15, 0.2) is 15.7 Å². The van der Waals surface area contributed by atoms with Crippen molar-refractivity contribution in [2.75, 3.05) is 5.32 Å². The summed E-state index contributed by atoms with van der Waals surface area (Å²) in [4.78, 5) is 16.1. The third-order valence-corrected chi connectivity index (χ3v) is 4.09. The number of aromatic amines is 1. The van der Waals surface area contributed by atoms with Gasteiger partial charge in [-0.2, -0.15) is 5.10 Å². The summed E-state index contributed by atoms with van der Waals surface area (Å²) >= 11 is 12.4. The SMILES string of the molecule is O=C(Cn1c(-c2ccc(Cl)cc2)n[nH]c1=S)Nc1nccs1. The van der Waals surface area contributed by atoms with E-state index in [-0.39, 0.29) is 12.5 Å². The van der Waals surface area contributed by atoms with Crippen LogP contribution in [0.25, 0.3) is 11.4 Å². The van der Waals surface area contributed by atoms with E-state index in [4.69, 9.17) is 23.8 Å². The van der Waals surface area contributed by atoms with Crippen LogP contribution in [-0.4, -0.2) is 25.7 Å². The van der Waals surface area contributed by atoms with Gasteiger partial charge in [0.2, 0.25) is 5.91 Å². The fourth-order valence-corrected chi connectivity index (χ4v) is 2.74. The molecule has 0 saturated carbocycles. The van der Waals surface area contributed by atoms with E-state index in [0.29, 0.717) is 20.7 Å². The standard InChI is InChI=1S/C13H10ClN5OS2/c14-9-3-1-8(2-4-9)11-17-18-13(21)19(11)7-10(20)16-12-15-5-6-22-12/h1-6H,7H2,(H,18,21)(H,15,16,20). The van der Waals surface area contributed by atoms with Gasteiger partial charge in [0, 0.05) is 22.2 Å². The molecule has 3 rings (SSSR count). The molecule has 2 N–H and O–H groups in total. The Morgan fingerprint density at radius 3 is 2.86 bits per heavy atom. The van der Waals surface area contributed by atoms with Crippen molar-refractivity contribution < 1.29 is 4.79 Å². The lowest BCUT2D eigenvalue weighted by molar-refractivity contribution is -0.116. The van der Waals surface area contributed by atoms with Crippen molar-refractivity contribution >= 4 is 46.2 Å². The van der Waals surface area contributed by atoms with Crippen molar-refractivity contribution in [3.8, 4) is 11.4 Å². The number of H-pyrrole nitrogens is 1. The zero-order valence-corrected chi connectivity index (χ0v) is 13.5. The zero-order chi connectivity index (χ0) is 15.5. The first-order chi connectivity index (χ1) is 10.6. The molecule has 0 fully saturated rings. The molecule has 1 aromatic carbocycles. The average molecular weight is 352 g/mol. The highest BCUT2D eigenvalue weighted by Crippen LogP contribution is 2.20. The maximum Gasteiger partial charge on any atom is 0.246 e. The second kappa shape index (κ2) is 6.39. The molecule has 2 aromatic heterocycles. The molecule has 0 aliphatic carbocycles. The quantitative estimate of drug-likeness (QED) is 0.707. The lowest BCUT2D eigenvalue weighted by atomic mass is 10.2. The summed E-state index contributed by atoms with van der Waals surface area (Å²) in [5.74, 6) is 0.360. The van der Waals surface area contributed by atoms with Crippen molar-refractivity contribution in [1.82, 2.24) is 19.7 Å². The summed E-state index contributed by atoms with van der Waals surface area (Å²) in [6.45, 7) is 0.0485. The second-order valence-electron chi connectivity index (χ2n) is 4.33. The molecule has 0 aliphatic rings. The number of thiazole rings is 1. The smallest absolute Gasteiger partial charge is 0.246 e. The molecule has 3 aromatic rings. The molecule has 1 amide bonds. The fourth-order valence-electron chi connectivity index (χ4n) is 1.87. The number of hydrogen-bond acceptors (Lipinski definition) is 5. The molecule has 0 radical (unpaired) electrons. The minimum atomic E-state index is -0.220. The Kier molecular flexibility index (Phi) is 4.32. The maximum atomic E-state index is 12.1. The third kappa shape index (κ3) is 3.24. The number of anilines is 1. The van der Waals surface area contributed by atoms with Crippen LogP contribution in [-0.2, 0) is 11.3 Å². The monoisotopic (exact) mass is 351 g/mol. The molecule has 0 atom stereocenters. The Balaban J connectivity index is 1.84. The van der Waals surface area contributed by atoms with Gasteiger partial charge in [0.1, 0.15) is 6.54 Å². The number of rotatable bonds is 4. The van der Waals surface area contributed by atoms with Crippen LogP contribution in [0, 0.1) is 4.77 Å². The highest BCUT2D eigenvalue weighted by molar-refractivity contribution is 7.71. The molecule has 0 spiro atoms. The summed E-state index contributed by atoms with van der Waals surface area (Å²) in [6.07, 6.45) is 1.63. The molecular weight excluding hydrogens is 342 g/mol. The number of halogens is 1. The summed E-state index contributed by atoms with van der Waals surface area (Å²) in [7, 11) is 0. The molecule has 0 aliphatic heterocycles. The van der Waals surface area contributed by atoms with E-state index in [9.17, 15) is 4.79 Å². The van der Waals surface area contributed by atoms with Crippen LogP contribution < -0.4 is 5.32 Å². The van der Waals surface area contributed by atoms with Crippen LogP contribution in [0.3, 0.4) is 0 Å². The zero-order valence-electron chi connectivity index (χ0n) is 11.1. The van der Waals surface area contributed by atoms with Crippen molar-refractivity contribution in [3.63, 3.8) is 0 Å². The summed E-state index contributed by atoms with van der Waals surface area (Å²) in [6, 6.07) is 7.16. The van der Waals surface area contributed by atoms with Gasteiger partial charge in [-0.25, -0.2) is 4.98 Å². The van der Waals surface area contributed by atoms with E-state index in [0.717, 1.165) is 5.56 Å². The molecule has 2 heterocycles. The van der Waals surface area contributed by atoms with E-state index in [1.54, 1.807) is 28.3 Å². The number of carbonyl (C=O) groups is 1. The van der Waals surface area contributed by atoms with Crippen molar-refractivity contribution in [2.45, 2.75) is 6.54 Å². The van der Waals surface area contributed by atoms with Crippen LogP contribution in [0.15, 0.2) is 35.8 Å². The molecule has 6 nitrogen and oxygen atoms in total.